The average Bonchev–Trinajstić information content (AvgIpc) is 2.06. The van der Waals surface area contributed by atoms with Crippen molar-refractivity contribution in [3.63, 3.8) is 0 Å². The number of nitrogens with zero attached hydrogens (tertiary/aromatic N) is 1. The Morgan fingerprint density at radius 2 is 2.25 bits per heavy atom. The van der Waals surface area contributed by atoms with Gasteiger partial charge in [-0.1, -0.05) is 0 Å². The molecule has 12 heavy (non-hydrogen) atoms. The van der Waals surface area contributed by atoms with Crippen molar-refractivity contribution >= 4 is 5.91 Å². The summed E-state index contributed by atoms with van der Waals surface area (Å²) in [5, 5.41) is 2.98. The molecule has 0 saturated carbocycles. The molecule has 0 aliphatic carbocycles. The van der Waals surface area contributed by atoms with Gasteiger partial charge in [0.15, 0.2) is 0 Å². The first-order valence-electron chi connectivity index (χ1n) is 4.12. The van der Waals surface area contributed by atoms with E-state index < -0.39 is 0 Å². The zero-order chi connectivity index (χ0) is 9.40. The summed E-state index contributed by atoms with van der Waals surface area (Å²) in [5.41, 5.74) is 2.35. The Bertz CT molecular complexity index is 129. The average molecular weight is 174 g/mol. The van der Waals surface area contributed by atoms with E-state index in [0.29, 0.717) is 0 Å². The molecule has 0 rings (SSSR count). The standard InChI is InChI=1S/C7H18N4O/c1-3-11(5-4-9-2)7(12)6-10-8/h9-10H,3-6,8H2,1-2H3. The van der Waals surface area contributed by atoms with Gasteiger partial charge in [0, 0.05) is 19.6 Å². The van der Waals surface area contributed by atoms with Gasteiger partial charge in [-0.25, -0.2) is 0 Å². The minimum absolute atomic E-state index is 0.0373. The van der Waals surface area contributed by atoms with Crippen molar-refractivity contribution in [3.05, 3.63) is 0 Å². The van der Waals surface area contributed by atoms with Crippen molar-refractivity contribution in [1.82, 2.24) is 15.6 Å². The van der Waals surface area contributed by atoms with E-state index in [1.54, 1.807) is 4.90 Å². The molecule has 0 aromatic rings. The van der Waals surface area contributed by atoms with Crippen LogP contribution in [0.25, 0.3) is 0 Å². The molecular weight excluding hydrogens is 156 g/mol. The highest BCUT2D eigenvalue weighted by Crippen LogP contribution is 1.86. The molecule has 1 amide bonds. The summed E-state index contributed by atoms with van der Waals surface area (Å²) >= 11 is 0. The van der Waals surface area contributed by atoms with E-state index in [-0.39, 0.29) is 12.5 Å². The second-order valence-electron chi connectivity index (χ2n) is 2.46. The summed E-state index contributed by atoms with van der Waals surface area (Å²) in [6.45, 7) is 4.42. The Kier molecular flexibility index (Phi) is 6.64. The number of nitrogens with two attached hydrogens (primary N) is 1. The van der Waals surface area contributed by atoms with E-state index in [1.165, 1.54) is 0 Å². The second-order valence-corrected chi connectivity index (χ2v) is 2.46. The minimum atomic E-state index is 0.0373. The zero-order valence-electron chi connectivity index (χ0n) is 7.76. The summed E-state index contributed by atoms with van der Waals surface area (Å²) in [4.78, 5) is 13.0. The molecular formula is C7H18N4O. The van der Waals surface area contributed by atoms with Crippen molar-refractivity contribution in [2.24, 2.45) is 5.84 Å². The van der Waals surface area contributed by atoms with Crippen molar-refractivity contribution in [2.75, 3.05) is 33.2 Å². The molecule has 0 heterocycles. The molecule has 72 valence electrons. The van der Waals surface area contributed by atoms with Gasteiger partial charge in [0.05, 0.1) is 6.54 Å². The molecule has 0 saturated heterocycles. The Morgan fingerprint density at radius 3 is 2.67 bits per heavy atom. The predicted octanol–water partition coefficient (Wildman–Crippen LogP) is -1.48. The molecule has 0 unspecified atom stereocenters. The van der Waals surface area contributed by atoms with Crippen molar-refractivity contribution in [3.8, 4) is 0 Å². The molecule has 5 nitrogen and oxygen atoms in total. The van der Waals surface area contributed by atoms with Crippen LogP contribution in [0, 0.1) is 0 Å². The van der Waals surface area contributed by atoms with Crippen LogP contribution in [0.15, 0.2) is 0 Å². The first-order chi connectivity index (χ1) is 5.76. The lowest BCUT2D eigenvalue weighted by molar-refractivity contribution is -0.130. The highest BCUT2D eigenvalue weighted by molar-refractivity contribution is 5.78. The van der Waals surface area contributed by atoms with Gasteiger partial charge >= 0.3 is 0 Å². The highest BCUT2D eigenvalue weighted by Gasteiger charge is 2.08. The lowest BCUT2D eigenvalue weighted by Crippen LogP contribution is -2.42. The molecule has 0 aromatic heterocycles. The van der Waals surface area contributed by atoms with Crippen LogP contribution in [0.2, 0.25) is 0 Å². The van der Waals surface area contributed by atoms with Crippen molar-refractivity contribution in [1.29, 1.82) is 0 Å². The fourth-order valence-electron chi connectivity index (χ4n) is 0.905. The van der Waals surface area contributed by atoms with Crippen LogP contribution in [-0.2, 0) is 4.79 Å². The first kappa shape index (κ1) is 11.4. The van der Waals surface area contributed by atoms with Gasteiger partial charge < -0.3 is 10.2 Å². The van der Waals surface area contributed by atoms with Crippen molar-refractivity contribution < 1.29 is 4.79 Å². The normalized spacial score (nSPS) is 9.92. The van der Waals surface area contributed by atoms with E-state index in [4.69, 9.17) is 5.84 Å². The third-order valence-electron chi connectivity index (χ3n) is 1.62. The third kappa shape index (κ3) is 4.27. The topological polar surface area (TPSA) is 70.4 Å². The highest BCUT2D eigenvalue weighted by atomic mass is 16.2. The number of amides is 1. The SMILES string of the molecule is CCN(CCNC)C(=O)CNN. The number of likely N-dealkylation sites (N-methyl/N-ethyl adjacent to an activating group) is 2. The Morgan fingerprint density at radius 1 is 1.58 bits per heavy atom. The summed E-state index contributed by atoms with van der Waals surface area (Å²) in [6.07, 6.45) is 0. The van der Waals surface area contributed by atoms with Gasteiger partial charge in [-0.05, 0) is 14.0 Å². The van der Waals surface area contributed by atoms with E-state index >= 15 is 0 Å². The fourth-order valence-corrected chi connectivity index (χ4v) is 0.905. The van der Waals surface area contributed by atoms with Crippen LogP contribution in [0.1, 0.15) is 6.92 Å². The van der Waals surface area contributed by atoms with Crippen molar-refractivity contribution in [2.45, 2.75) is 6.92 Å². The summed E-state index contributed by atoms with van der Waals surface area (Å²) in [5.74, 6) is 5.07. The number of hydrazine groups is 1. The maximum atomic E-state index is 11.2. The predicted molar refractivity (Wildman–Crippen MR) is 48.4 cm³/mol. The second kappa shape index (κ2) is 7.02. The number of hydrogen-bond donors (Lipinski definition) is 3. The number of hydrogen-bond acceptors (Lipinski definition) is 4. The minimum Gasteiger partial charge on any atom is -0.341 e. The number of rotatable bonds is 6. The largest absolute Gasteiger partial charge is 0.341 e. The lowest BCUT2D eigenvalue weighted by atomic mass is 10.4. The molecule has 0 bridgehead atoms. The summed E-state index contributed by atoms with van der Waals surface area (Å²) < 4.78 is 0. The Hall–Kier alpha value is -0.650. The quantitative estimate of drug-likeness (QED) is 0.339. The molecule has 0 spiro atoms. The maximum Gasteiger partial charge on any atom is 0.237 e. The monoisotopic (exact) mass is 174 g/mol. The molecule has 0 atom stereocenters. The fraction of sp³-hybridized carbons (Fsp3) is 0.857. The van der Waals surface area contributed by atoms with Gasteiger partial charge in [0.1, 0.15) is 0 Å². The van der Waals surface area contributed by atoms with Gasteiger partial charge in [-0.15, -0.1) is 0 Å². The molecule has 0 fully saturated rings. The molecule has 5 heteroatoms. The smallest absolute Gasteiger partial charge is 0.237 e. The van der Waals surface area contributed by atoms with Crippen LogP contribution >= 0.6 is 0 Å². The molecule has 0 aliphatic heterocycles. The number of nitrogens with one attached hydrogen (secondary N) is 2. The third-order valence-corrected chi connectivity index (χ3v) is 1.62. The van der Waals surface area contributed by atoms with Gasteiger partial charge in [-0.3, -0.25) is 16.1 Å². The number of carbonyl (C=O) groups excluding carboxylic acids is 1. The Labute approximate surface area is 73.3 Å². The van der Waals surface area contributed by atoms with Gasteiger partial charge in [0.2, 0.25) is 5.91 Å². The lowest BCUT2D eigenvalue weighted by Gasteiger charge is -2.20. The van der Waals surface area contributed by atoms with E-state index in [9.17, 15) is 4.79 Å². The summed E-state index contributed by atoms with van der Waals surface area (Å²) in [7, 11) is 1.86. The van der Waals surface area contributed by atoms with E-state index in [0.717, 1.165) is 19.6 Å². The number of carbonyl (C=O) groups is 1. The van der Waals surface area contributed by atoms with Crippen LogP contribution in [-0.4, -0.2) is 44.0 Å². The van der Waals surface area contributed by atoms with Crippen LogP contribution < -0.4 is 16.6 Å². The van der Waals surface area contributed by atoms with E-state index in [2.05, 4.69) is 10.7 Å². The van der Waals surface area contributed by atoms with Crippen LogP contribution in [0.5, 0.6) is 0 Å². The van der Waals surface area contributed by atoms with E-state index in [1.807, 2.05) is 14.0 Å². The van der Waals surface area contributed by atoms with Crippen LogP contribution in [0.3, 0.4) is 0 Å². The molecule has 4 N–H and O–H groups in total. The summed E-state index contributed by atoms with van der Waals surface area (Å²) in [6, 6.07) is 0. The Balaban J connectivity index is 3.71. The van der Waals surface area contributed by atoms with Gasteiger partial charge in [0.25, 0.3) is 0 Å². The maximum absolute atomic E-state index is 11.2. The molecule has 0 aromatic carbocycles. The van der Waals surface area contributed by atoms with Crippen LogP contribution in [0.4, 0.5) is 0 Å². The molecule has 0 aliphatic rings. The first-order valence-corrected chi connectivity index (χ1v) is 4.12. The molecule has 0 radical (unpaired) electrons. The zero-order valence-corrected chi connectivity index (χ0v) is 7.76. The van der Waals surface area contributed by atoms with Gasteiger partial charge in [-0.2, -0.15) is 0 Å².